The summed E-state index contributed by atoms with van der Waals surface area (Å²) in [6.45, 7) is 6.31. The molecule has 210 valence electrons. The molecule has 0 unspecified atom stereocenters. The number of rotatable bonds is 8. The SMILES string of the molecule is CN(Cc1ccc(C2=NCCN2C(=O)OC(C)(C)C)cc1)C(=O)C=CCN(C)S(=O)(=O)c1c(F)cccc1F. The van der Waals surface area contributed by atoms with E-state index in [9.17, 15) is 26.8 Å². The zero-order chi connectivity index (χ0) is 29.0. The molecule has 1 heterocycles. The van der Waals surface area contributed by atoms with Crippen LogP contribution in [0.2, 0.25) is 0 Å². The van der Waals surface area contributed by atoms with E-state index in [4.69, 9.17) is 4.74 Å². The highest BCUT2D eigenvalue weighted by atomic mass is 32.2. The van der Waals surface area contributed by atoms with Crippen LogP contribution in [0, 0.1) is 11.6 Å². The van der Waals surface area contributed by atoms with Crippen LogP contribution < -0.4 is 0 Å². The molecule has 0 N–H and O–H groups in total. The first-order chi connectivity index (χ1) is 18.2. The average molecular weight is 563 g/mol. The first-order valence-corrected chi connectivity index (χ1v) is 13.6. The quantitative estimate of drug-likeness (QED) is 0.456. The van der Waals surface area contributed by atoms with Gasteiger partial charge >= 0.3 is 6.09 Å². The number of likely N-dealkylation sites (N-methyl/N-ethyl adjacent to an activating group) is 2. The Morgan fingerprint density at radius 1 is 1.08 bits per heavy atom. The van der Waals surface area contributed by atoms with Crippen LogP contribution in [0.25, 0.3) is 0 Å². The standard InChI is InChI=1S/C27H32F2N4O5S/c1-27(2,3)38-26(35)33-17-15-30-25(33)20-13-11-19(12-14-20)18-31(4)23(34)10-7-16-32(5)39(36,37)24-21(28)8-6-9-22(24)29/h6-14H,15-18H2,1-5H3. The number of halogens is 2. The van der Waals surface area contributed by atoms with Crippen molar-refractivity contribution in [1.29, 1.82) is 0 Å². The zero-order valence-corrected chi connectivity index (χ0v) is 23.3. The second kappa shape index (κ2) is 12.0. The van der Waals surface area contributed by atoms with Crippen molar-refractivity contribution < 1.29 is 31.5 Å². The molecule has 0 saturated carbocycles. The van der Waals surface area contributed by atoms with Crippen molar-refractivity contribution in [1.82, 2.24) is 14.1 Å². The molecule has 0 bridgehead atoms. The molecule has 2 amide bonds. The summed E-state index contributed by atoms with van der Waals surface area (Å²) in [6, 6.07) is 10.1. The van der Waals surface area contributed by atoms with Gasteiger partial charge in [-0.2, -0.15) is 4.31 Å². The lowest BCUT2D eigenvalue weighted by Gasteiger charge is -2.25. The average Bonchev–Trinajstić information content (AvgIpc) is 3.33. The van der Waals surface area contributed by atoms with Gasteiger partial charge in [-0.1, -0.05) is 36.4 Å². The first kappa shape index (κ1) is 29.9. The molecule has 0 fully saturated rings. The summed E-state index contributed by atoms with van der Waals surface area (Å²) in [4.78, 5) is 31.4. The number of aliphatic imine (C=N–C) groups is 1. The number of benzene rings is 2. The minimum Gasteiger partial charge on any atom is -0.443 e. The molecule has 0 spiro atoms. The third-order valence-electron chi connectivity index (χ3n) is 5.67. The van der Waals surface area contributed by atoms with Gasteiger partial charge in [0.15, 0.2) is 4.90 Å². The molecule has 3 rings (SSSR count). The highest BCUT2D eigenvalue weighted by Gasteiger charge is 2.30. The monoisotopic (exact) mass is 562 g/mol. The van der Waals surface area contributed by atoms with Crippen molar-refractivity contribution in [2.75, 3.05) is 33.7 Å². The summed E-state index contributed by atoms with van der Waals surface area (Å²) in [5.41, 5.74) is 0.938. The lowest BCUT2D eigenvalue weighted by molar-refractivity contribution is -0.125. The van der Waals surface area contributed by atoms with Crippen molar-refractivity contribution in [3.05, 3.63) is 77.4 Å². The van der Waals surface area contributed by atoms with Gasteiger partial charge in [0.2, 0.25) is 15.9 Å². The van der Waals surface area contributed by atoms with Gasteiger partial charge in [0, 0.05) is 38.8 Å². The Morgan fingerprint density at radius 3 is 2.28 bits per heavy atom. The maximum Gasteiger partial charge on any atom is 0.416 e. The van der Waals surface area contributed by atoms with Gasteiger partial charge in [-0.3, -0.25) is 14.7 Å². The summed E-state index contributed by atoms with van der Waals surface area (Å²) < 4.78 is 59.2. The fraction of sp³-hybridized carbons (Fsp3) is 0.370. The van der Waals surface area contributed by atoms with Crippen LogP contribution in [0.1, 0.15) is 31.9 Å². The Morgan fingerprint density at radius 2 is 1.69 bits per heavy atom. The smallest absolute Gasteiger partial charge is 0.416 e. The minimum absolute atomic E-state index is 0.263. The number of amidine groups is 1. The van der Waals surface area contributed by atoms with Crippen LogP contribution in [0.3, 0.4) is 0 Å². The third kappa shape index (κ3) is 7.48. The normalized spacial score (nSPS) is 14.2. The molecule has 0 saturated heterocycles. The molecule has 12 heteroatoms. The zero-order valence-electron chi connectivity index (χ0n) is 22.5. The number of hydrogen-bond acceptors (Lipinski definition) is 6. The fourth-order valence-corrected chi connectivity index (χ4v) is 4.94. The number of nitrogens with zero attached hydrogens (tertiary/aromatic N) is 4. The van der Waals surface area contributed by atoms with E-state index in [1.807, 2.05) is 24.3 Å². The van der Waals surface area contributed by atoms with Crippen LogP contribution in [-0.4, -0.2) is 79.7 Å². The van der Waals surface area contributed by atoms with Crippen LogP contribution >= 0.6 is 0 Å². The van der Waals surface area contributed by atoms with Gasteiger partial charge in [0.05, 0.1) is 13.1 Å². The molecular formula is C27H32F2N4O5S. The largest absolute Gasteiger partial charge is 0.443 e. The van der Waals surface area contributed by atoms with E-state index in [-0.39, 0.29) is 13.1 Å². The van der Waals surface area contributed by atoms with Crippen molar-refractivity contribution in [2.45, 2.75) is 37.8 Å². The second-order valence-electron chi connectivity index (χ2n) is 9.97. The first-order valence-electron chi connectivity index (χ1n) is 12.2. The minimum atomic E-state index is -4.43. The van der Waals surface area contributed by atoms with Gasteiger partial charge in [-0.15, -0.1) is 0 Å². The summed E-state index contributed by atoms with van der Waals surface area (Å²) in [5, 5.41) is 0. The van der Waals surface area contributed by atoms with Crippen LogP contribution in [-0.2, 0) is 26.1 Å². The lowest BCUT2D eigenvalue weighted by Crippen LogP contribution is -2.39. The number of amides is 2. The van der Waals surface area contributed by atoms with E-state index in [1.54, 1.807) is 27.8 Å². The Labute approximate surface area is 227 Å². The number of carbonyl (C=O) groups excluding carboxylic acids is 2. The van der Waals surface area contributed by atoms with E-state index in [1.165, 1.54) is 29.0 Å². The maximum atomic E-state index is 13.9. The summed E-state index contributed by atoms with van der Waals surface area (Å²) in [6.07, 6.45) is 2.05. The molecule has 0 radical (unpaired) electrons. The number of carbonyl (C=O) groups is 2. The van der Waals surface area contributed by atoms with Crippen molar-refractivity contribution in [2.24, 2.45) is 4.99 Å². The van der Waals surface area contributed by atoms with E-state index in [2.05, 4.69) is 4.99 Å². The molecule has 39 heavy (non-hydrogen) atoms. The summed E-state index contributed by atoms with van der Waals surface area (Å²) >= 11 is 0. The Kier molecular flexibility index (Phi) is 9.23. The predicted molar refractivity (Wildman–Crippen MR) is 143 cm³/mol. The van der Waals surface area contributed by atoms with Crippen molar-refractivity contribution >= 4 is 27.9 Å². The van der Waals surface area contributed by atoms with Crippen LogP contribution in [0.15, 0.2) is 64.5 Å². The van der Waals surface area contributed by atoms with Gasteiger partial charge in [0.25, 0.3) is 0 Å². The molecule has 2 aromatic rings. The molecule has 0 atom stereocenters. The Hall–Kier alpha value is -3.64. The van der Waals surface area contributed by atoms with Crippen LogP contribution in [0.5, 0.6) is 0 Å². The van der Waals surface area contributed by atoms with E-state index >= 15 is 0 Å². The predicted octanol–water partition coefficient (Wildman–Crippen LogP) is 3.80. The van der Waals surface area contributed by atoms with Gasteiger partial charge in [-0.05, 0) is 38.5 Å². The molecule has 0 aromatic heterocycles. The number of sulfonamides is 1. The highest BCUT2D eigenvalue weighted by Crippen LogP contribution is 2.22. The number of hydrogen-bond donors (Lipinski definition) is 0. The van der Waals surface area contributed by atoms with Crippen molar-refractivity contribution in [3.63, 3.8) is 0 Å². The van der Waals surface area contributed by atoms with Crippen molar-refractivity contribution in [3.8, 4) is 0 Å². The molecular weight excluding hydrogens is 530 g/mol. The Bertz CT molecular complexity index is 1370. The third-order valence-corrected chi connectivity index (χ3v) is 7.55. The lowest BCUT2D eigenvalue weighted by atomic mass is 10.1. The molecule has 1 aliphatic heterocycles. The molecule has 2 aromatic carbocycles. The van der Waals surface area contributed by atoms with Gasteiger partial charge < -0.3 is 9.64 Å². The van der Waals surface area contributed by atoms with E-state index < -0.39 is 44.2 Å². The van der Waals surface area contributed by atoms with E-state index in [0.717, 1.165) is 33.6 Å². The van der Waals surface area contributed by atoms with Crippen LogP contribution in [0.4, 0.5) is 13.6 Å². The molecule has 0 aliphatic carbocycles. The summed E-state index contributed by atoms with van der Waals surface area (Å²) in [7, 11) is -1.68. The van der Waals surface area contributed by atoms with Gasteiger partial charge in [0.1, 0.15) is 23.1 Å². The summed E-state index contributed by atoms with van der Waals surface area (Å²) in [5.74, 6) is -2.24. The fourth-order valence-electron chi connectivity index (χ4n) is 3.71. The second-order valence-corrected chi connectivity index (χ2v) is 11.9. The van der Waals surface area contributed by atoms with Gasteiger partial charge in [-0.25, -0.2) is 22.0 Å². The topological polar surface area (TPSA) is 99.6 Å². The Balaban J connectivity index is 1.58. The maximum absolute atomic E-state index is 13.9. The van der Waals surface area contributed by atoms with E-state index in [0.29, 0.717) is 18.9 Å². The molecule has 9 nitrogen and oxygen atoms in total. The number of ether oxygens (including phenoxy) is 1. The molecule has 1 aliphatic rings. The highest BCUT2D eigenvalue weighted by molar-refractivity contribution is 7.89.